The molecule has 1 aliphatic heterocycles. The molecule has 1 aliphatic carbocycles. The molecule has 1 saturated heterocycles. The topological polar surface area (TPSA) is 118 Å². The van der Waals surface area contributed by atoms with Crippen molar-refractivity contribution in [2.24, 2.45) is 0 Å². The summed E-state index contributed by atoms with van der Waals surface area (Å²) in [6, 6.07) is 1.75. The molecule has 1 saturated carbocycles. The van der Waals surface area contributed by atoms with Crippen molar-refractivity contribution in [1.29, 1.82) is 0 Å². The average molecular weight is 500 g/mol. The SMILES string of the molecule is CC1COC(CO)CN1c1cc(S(=O)NC2(C)CC2)cn2c(-c3nnc(C(F)F)s3)nnc12. The Hall–Kier alpha value is -2.13. The minimum absolute atomic E-state index is 0.0405. The van der Waals surface area contributed by atoms with E-state index < -0.39 is 22.4 Å². The first-order valence-electron chi connectivity index (χ1n) is 10.5. The van der Waals surface area contributed by atoms with Gasteiger partial charge in [0.2, 0.25) is 0 Å². The smallest absolute Gasteiger partial charge is 0.291 e. The second-order valence-electron chi connectivity index (χ2n) is 8.60. The number of anilines is 1. The van der Waals surface area contributed by atoms with E-state index in [0.29, 0.717) is 29.4 Å². The number of nitrogens with zero attached hydrogens (tertiary/aromatic N) is 6. The van der Waals surface area contributed by atoms with Crippen LogP contribution in [0.5, 0.6) is 0 Å². The third-order valence-corrected chi connectivity index (χ3v) is 8.11. The molecular weight excluding hydrogens is 476 g/mol. The van der Waals surface area contributed by atoms with Crippen LogP contribution < -0.4 is 9.62 Å². The number of fused-ring (bicyclic) bond motifs is 1. The maximum Gasteiger partial charge on any atom is 0.291 e. The number of nitrogens with one attached hydrogen (secondary N) is 1. The van der Waals surface area contributed by atoms with Crippen LogP contribution in [0, 0.1) is 0 Å². The Balaban J connectivity index is 1.63. The van der Waals surface area contributed by atoms with Crippen LogP contribution in [0.2, 0.25) is 0 Å². The van der Waals surface area contributed by atoms with Gasteiger partial charge in [0.25, 0.3) is 6.43 Å². The third kappa shape index (κ3) is 4.37. The van der Waals surface area contributed by atoms with Crippen molar-refractivity contribution in [3.8, 4) is 10.8 Å². The van der Waals surface area contributed by atoms with Gasteiger partial charge in [-0.3, -0.25) is 4.40 Å². The normalized spacial score (nSPS) is 23.4. The summed E-state index contributed by atoms with van der Waals surface area (Å²) in [7, 11) is -1.52. The van der Waals surface area contributed by atoms with Gasteiger partial charge in [-0.05, 0) is 32.8 Å². The van der Waals surface area contributed by atoms with Crippen LogP contribution in [0.3, 0.4) is 0 Å². The first kappa shape index (κ1) is 22.7. The molecule has 0 bridgehead atoms. The Morgan fingerprint density at radius 3 is 2.82 bits per heavy atom. The van der Waals surface area contributed by atoms with E-state index >= 15 is 0 Å². The highest BCUT2D eigenvalue weighted by Gasteiger charge is 2.39. The molecule has 4 heterocycles. The molecule has 5 rings (SSSR count). The van der Waals surface area contributed by atoms with Gasteiger partial charge in [-0.25, -0.2) is 17.7 Å². The number of aromatic nitrogens is 5. The highest BCUT2D eigenvalue weighted by molar-refractivity contribution is 7.83. The summed E-state index contributed by atoms with van der Waals surface area (Å²) in [6.07, 6.45) is 0.401. The lowest BCUT2D eigenvalue weighted by Crippen LogP contribution is -2.49. The number of aliphatic hydroxyl groups is 1. The van der Waals surface area contributed by atoms with E-state index in [4.69, 9.17) is 4.74 Å². The van der Waals surface area contributed by atoms with E-state index in [1.54, 1.807) is 16.7 Å². The molecule has 0 radical (unpaired) electrons. The predicted molar refractivity (Wildman–Crippen MR) is 118 cm³/mol. The quantitative estimate of drug-likeness (QED) is 0.507. The minimum Gasteiger partial charge on any atom is -0.394 e. The second kappa shape index (κ2) is 8.58. The Morgan fingerprint density at radius 1 is 1.36 bits per heavy atom. The van der Waals surface area contributed by atoms with Crippen molar-refractivity contribution in [3.05, 3.63) is 17.3 Å². The van der Waals surface area contributed by atoms with E-state index in [1.807, 2.05) is 18.7 Å². The third-order valence-electron chi connectivity index (χ3n) is 5.85. The van der Waals surface area contributed by atoms with E-state index in [9.17, 15) is 18.1 Å². The molecule has 0 amide bonds. The lowest BCUT2D eigenvalue weighted by Gasteiger charge is -2.39. The Labute approximate surface area is 194 Å². The zero-order valence-electron chi connectivity index (χ0n) is 17.9. The van der Waals surface area contributed by atoms with Crippen LogP contribution in [0.4, 0.5) is 14.5 Å². The first-order chi connectivity index (χ1) is 15.8. The lowest BCUT2D eigenvalue weighted by atomic mass is 10.1. The van der Waals surface area contributed by atoms with Gasteiger partial charge in [0.15, 0.2) is 21.5 Å². The number of hydrogen-bond donors (Lipinski definition) is 2. The molecule has 10 nitrogen and oxygen atoms in total. The van der Waals surface area contributed by atoms with Gasteiger partial charge in [0, 0.05) is 24.3 Å². The molecule has 178 valence electrons. The Kier molecular flexibility index (Phi) is 5.89. The van der Waals surface area contributed by atoms with E-state index in [2.05, 4.69) is 25.1 Å². The predicted octanol–water partition coefficient (Wildman–Crippen LogP) is 1.94. The summed E-state index contributed by atoms with van der Waals surface area (Å²) >= 11 is 0.740. The summed E-state index contributed by atoms with van der Waals surface area (Å²) in [5.41, 5.74) is 0.952. The van der Waals surface area contributed by atoms with Crippen LogP contribution in [-0.2, 0) is 15.7 Å². The molecule has 0 aromatic carbocycles. The maximum atomic E-state index is 13.2. The van der Waals surface area contributed by atoms with Gasteiger partial charge < -0.3 is 14.7 Å². The molecule has 3 unspecified atom stereocenters. The second-order valence-corrected chi connectivity index (χ2v) is 10.8. The molecule has 0 spiro atoms. The van der Waals surface area contributed by atoms with Gasteiger partial charge in [-0.1, -0.05) is 11.3 Å². The maximum absolute atomic E-state index is 13.2. The molecule has 3 atom stereocenters. The molecule has 3 aromatic rings. The molecule has 2 aliphatic rings. The molecular formula is C19H23F2N7O3S2. The summed E-state index contributed by atoms with van der Waals surface area (Å²) in [5.74, 6) is 0.242. The van der Waals surface area contributed by atoms with Gasteiger partial charge in [-0.2, -0.15) is 0 Å². The highest BCUT2D eigenvalue weighted by atomic mass is 32.2. The van der Waals surface area contributed by atoms with Gasteiger partial charge >= 0.3 is 0 Å². The van der Waals surface area contributed by atoms with Gasteiger partial charge in [0.1, 0.15) is 11.0 Å². The van der Waals surface area contributed by atoms with Crippen LogP contribution in [0.25, 0.3) is 16.5 Å². The monoisotopic (exact) mass is 499 g/mol. The first-order valence-corrected chi connectivity index (χ1v) is 12.4. The van der Waals surface area contributed by atoms with E-state index in [1.165, 1.54) is 0 Å². The summed E-state index contributed by atoms with van der Waals surface area (Å²) in [5, 5.41) is 25.3. The lowest BCUT2D eigenvalue weighted by molar-refractivity contribution is -0.0102. The number of halogens is 2. The van der Waals surface area contributed by atoms with E-state index in [-0.39, 0.29) is 35.1 Å². The number of ether oxygens (including phenoxy) is 1. The van der Waals surface area contributed by atoms with Crippen LogP contribution >= 0.6 is 11.3 Å². The Morgan fingerprint density at radius 2 is 2.15 bits per heavy atom. The fourth-order valence-electron chi connectivity index (χ4n) is 3.66. The standard InChI is InChI=1S/C19H23F2N7O3S2/c1-10-9-31-11(8-29)6-27(10)13-5-12(33(30)26-19(2)3-4-19)7-28-15(13)22-23-16(28)18-25-24-17(32-18)14(20)21/h5,7,10-11,14,26,29H,3-4,6,8-9H2,1-2H3. The minimum atomic E-state index is -2.73. The van der Waals surface area contributed by atoms with Crippen LogP contribution in [0.1, 0.15) is 38.1 Å². The van der Waals surface area contributed by atoms with Crippen molar-refractivity contribution in [2.75, 3.05) is 24.7 Å². The zero-order valence-corrected chi connectivity index (χ0v) is 19.6. The number of pyridine rings is 1. The molecule has 2 N–H and O–H groups in total. The van der Waals surface area contributed by atoms with Crippen molar-refractivity contribution in [2.45, 2.75) is 55.7 Å². The number of morpholine rings is 1. The zero-order chi connectivity index (χ0) is 23.3. The fourth-order valence-corrected chi connectivity index (χ4v) is 5.53. The number of hydrogen-bond acceptors (Lipinski definition) is 9. The number of rotatable bonds is 7. The van der Waals surface area contributed by atoms with Gasteiger partial charge in [-0.15, -0.1) is 20.4 Å². The average Bonchev–Trinajstić information content (AvgIpc) is 3.19. The molecule has 33 heavy (non-hydrogen) atoms. The highest BCUT2D eigenvalue weighted by Crippen LogP contribution is 2.37. The van der Waals surface area contributed by atoms with Gasteiger partial charge in [0.05, 0.1) is 29.9 Å². The summed E-state index contributed by atoms with van der Waals surface area (Å²) in [4.78, 5) is 2.52. The molecule has 3 aromatic heterocycles. The summed E-state index contributed by atoms with van der Waals surface area (Å²) in [6.45, 7) is 4.66. The van der Waals surface area contributed by atoms with Crippen molar-refractivity contribution in [3.63, 3.8) is 0 Å². The number of aliphatic hydroxyl groups excluding tert-OH is 1. The molecule has 14 heteroatoms. The van der Waals surface area contributed by atoms with Crippen molar-refractivity contribution < 1.29 is 22.8 Å². The van der Waals surface area contributed by atoms with Crippen LogP contribution in [0.15, 0.2) is 17.2 Å². The largest absolute Gasteiger partial charge is 0.394 e. The Bertz CT molecular complexity index is 1200. The fraction of sp³-hybridized carbons (Fsp3) is 0.579. The number of alkyl halides is 2. The van der Waals surface area contributed by atoms with Crippen molar-refractivity contribution >= 4 is 33.7 Å². The molecule has 2 fully saturated rings. The van der Waals surface area contributed by atoms with Crippen molar-refractivity contribution in [1.82, 2.24) is 29.5 Å². The summed E-state index contributed by atoms with van der Waals surface area (Å²) < 4.78 is 49.7. The van der Waals surface area contributed by atoms with E-state index in [0.717, 1.165) is 24.2 Å². The van der Waals surface area contributed by atoms with Crippen LogP contribution in [-0.4, -0.2) is 71.6 Å².